The van der Waals surface area contributed by atoms with Gasteiger partial charge in [0, 0.05) is 19.0 Å². The van der Waals surface area contributed by atoms with Crippen LogP contribution in [0.5, 0.6) is 5.75 Å². The molecule has 0 aliphatic carbocycles. The second-order valence-electron chi connectivity index (χ2n) is 5.54. The van der Waals surface area contributed by atoms with Gasteiger partial charge in [-0.2, -0.15) is 0 Å². The SMILES string of the molecule is Cc1ccccc1OCCCC(=O)NCC(N)c1ccccc1. The standard InChI is InChI=1S/C19H24N2O2/c1-15-8-5-6-11-18(15)23-13-7-12-19(22)21-14-17(20)16-9-3-2-4-10-16/h2-6,8-11,17H,7,12-14,20H2,1H3,(H,21,22). The summed E-state index contributed by atoms with van der Waals surface area (Å²) in [5.74, 6) is 0.878. The van der Waals surface area contributed by atoms with E-state index < -0.39 is 0 Å². The van der Waals surface area contributed by atoms with E-state index in [0.29, 0.717) is 26.0 Å². The summed E-state index contributed by atoms with van der Waals surface area (Å²) < 4.78 is 5.68. The van der Waals surface area contributed by atoms with E-state index >= 15 is 0 Å². The number of para-hydroxylation sites is 1. The summed E-state index contributed by atoms with van der Waals surface area (Å²) in [6.45, 7) is 2.98. The van der Waals surface area contributed by atoms with Gasteiger partial charge < -0.3 is 15.8 Å². The van der Waals surface area contributed by atoms with E-state index in [9.17, 15) is 4.79 Å². The molecule has 0 aromatic heterocycles. The number of hydrogen-bond donors (Lipinski definition) is 2. The summed E-state index contributed by atoms with van der Waals surface area (Å²) in [6, 6.07) is 17.5. The van der Waals surface area contributed by atoms with Crippen molar-refractivity contribution in [3.63, 3.8) is 0 Å². The highest BCUT2D eigenvalue weighted by Crippen LogP contribution is 2.16. The monoisotopic (exact) mass is 312 g/mol. The topological polar surface area (TPSA) is 64.3 Å². The number of benzene rings is 2. The fourth-order valence-electron chi connectivity index (χ4n) is 2.26. The summed E-state index contributed by atoms with van der Waals surface area (Å²) in [5.41, 5.74) is 8.18. The number of nitrogens with two attached hydrogens (primary N) is 1. The lowest BCUT2D eigenvalue weighted by Gasteiger charge is -2.13. The van der Waals surface area contributed by atoms with E-state index in [-0.39, 0.29) is 11.9 Å². The number of amides is 1. The number of carbonyl (C=O) groups is 1. The summed E-state index contributed by atoms with van der Waals surface area (Å²) in [6.07, 6.45) is 1.12. The molecule has 2 aromatic carbocycles. The van der Waals surface area contributed by atoms with Crippen molar-refractivity contribution in [2.75, 3.05) is 13.2 Å². The fourth-order valence-corrected chi connectivity index (χ4v) is 2.26. The number of carbonyl (C=O) groups excluding carboxylic acids is 1. The van der Waals surface area contributed by atoms with E-state index in [4.69, 9.17) is 10.5 Å². The molecule has 2 rings (SSSR count). The van der Waals surface area contributed by atoms with Crippen LogP contribution in [0.2, 0.25) is 0 Å². The molecule has 23 heavy (non-hydrogen) atoms. The molecule has 0 saturated heterocycles. The summed E-state index contributed by atoms with van der Waals surface area (Å²) in [5, 5.41) is 2.87. The molecule has 0 radical (unpaired) electrons. The number of nitrogens with one attached hydrogen (secondary N) is 1. The van der Waals surface area contributed by atoms with Gasteiger partial charge in [-0.15, -0.1) is 0 Å². The molecule has 1 atom stereocenters. The van der Waals surface area contributed by atoms with Gasteiger partial charge in [-0.25, -0.2) is 0 Å². The molecule has 0 spiro atoms. The Bertz CT molecular complexity index is 614. The molecular formula is C19H24N2O2. The van der Waals surface area contributed by atoms with E-state index in [1.807, 2.05) is 61.5 Å². The zero-order chi connectivity index (χ0) is 16.5. The lowest BCUT2D eigenvalue weighted by Crippen LogP contribution is -2.31. The molecule has 2 aromatic rings. The van der Waals surface area contributed by atoms with Crippen LogP contribution in [-0.2, 0) is 4.79 Å². The molecule has 4 heteroatoms. The first-order valence-electron chi connectivity index (χ1n) is 7.92. The Labute approximate surface area is 137 Å². The highest BCUT2D eigenvalue weighted by molar-refractivity contribution is 5.75. The largest absolute Gasteiger partial charge is 0.493 e. The maximum atomic E-state index is 11.8. The van der Waals surface area contributed by atoms with E-state index in [2.05, 4.69) is 5.32 Å². The lowest BCUT2D eigenvalue weighted by atomic mass is 10.1. The van der Waals surface area contributed by atoms with Crippen molar-refractivity contribution in [3.8, 4) is 5.75 Å². The molecule has 0 bridgehead atoms. The predicted molar refractivity (Wildman–Crippen MR) is 92.3 cm³/mol. The zero-order valence-corrected chi connectivity index (χ0v) is 13.5. The van der Waals surface area contributed by atoms with Gasteiger partial charge in [0.05, 0.1) is 6.61 Å². The van der Waals surface area contributed by atoms with Crippen LogP contribution < -0.4 is 15.8 Å². The minimum absolute atomic E-state index is 0.00441. The van der Waals surface area contributed by atoms with Crippen molar-refractivity contribution in [1.82, 2.24) is 5.32 Å². The predicted octanol–water partition coefficient (Wildman–Crippen LogP) is 2.97. The van der Waals surface area contributed by atoms with Crippen molar-refractivity contribution in [2.24, 2.45) is 5.73 Å². The first-order chi connectivity index (χ1) is 11.2. The Morgan fingerprint density at radius 2 is 1.83 bits per heavy atom. The first kappa shape index (κ1) is 17.0. The van der Waals surface area contributed by atoms with Gasteiger partial charge in [0.1, 0.15) is 5.75 Å². The van der Waals surface area contributed by atoms with Crippen LogP contribution in [0.1, 0.15) is 30.0 Å². The van der Waals surface area contributed by atoms with Gasteiger partial charge in [0.15, 0.2) is 0 Å². The normalized spacial score (nSPS) is 11.7. The van der Waals surface area contributed by atoms with Gasteiger partial charge in [0.2, 0.25) is 5.91 Å². The third-order valence-electron chi connectivity index (χ3n) is 3.65. The third-order valence-corrected chi connectivity index (χ3v) is 3.65. The molecular weight excluding hydrogens is 288 g/mol. The van der Waals surface area contributed by atoms with E-state index in [0.717, 1.165) is 16.9 Å². The molecule has 1 unspecified atom stereocenters. The van der Waals surface area contributed by atoms with Gasteiger partial charge in [-0.05, 0) is 30.5 Å². The smallest absolute Gasteiger partial charge is 0.220 e. The van der Waals surface area contributed by atoms with Crippen LogP contribution in [0.15, 0.2) is 54.6 Å². The van der Waals surface area contributed by atoms with Crippen molar-refractivity contribution in [3.05, 3.63) is 65.7 Å². The highest BCUT2D eigenvalue weighted by Gasteiger charge is 2.08. The maximum absolute atomic E-state index is 11.8. The molecule has 0 fully saturated rings. The van der Waals surface area contributed by atoms with Crippen LogP contribution in [-0.4, -0.2) is 19.1 Å². The Balaban J connectivity index is 1.63. The first-order valence-corrected chi connectivity index (χ1v) is 7.92. The maximum Gasteiger partial charge on any atom is 0.220 e. The van der Waals surface area contributed by atoms with Crippen LogP contribution in [0, 0.1) is 6.92 Å². The van der Waals surface area contributed by atoms with Crippen LogP contribution in [0.25, 0.3) is 0 Å². The minimum Gasteiger partial charge on any atom is -0.493 e. The van der Waals surface area contributed by atoms with Gasteiger partial charge >= 0.3 is 0 Å². The Kier molecular flexibility index (Phi) is 6.63. The van der Waals surface area contributed by atoms with Crippen molar-refractivity contribution < 1.29 is 9.53 Å². The Morgan fingerprint density at radius 3 is 2.57 bits per heavy atom. The molecule has 0 aliphatic heterocycles. The van der Waals surface area contributed by atoms with Crippen molar-refractivity contribution in [1.29, 1.82) is 0 Å². The number of aryl methyl sites for hydroxylation is 1. The molecule has 1 amide bonds. The molecule has 0 saturated carbocycles. The van der Waals surface area contributed by atoms with E-state index in [1.165, 1.54) is 0 Å². The van der Waals surface area contributed by atoms with Crippen molar-refractivity contribution >= 4 is 5.91 Å². The number of hydrogen-bond acceptors (Lipinski definition) is 3. The summed E-state index contributed by atoms with van der Waals surface area (Å²) >= 11 is 0. The van der Waals surface area contributed by atoms with Crippen LogP contribution >= 0.6 is 0 Å². The number of rotatable bonds is 8. The zero-order valence-electron chi connectivity index (χ0n) is 13.5. The molecule has 3 N–H and O–H groups in total. The van der Waals surface area contributed by atoms with Crippen LogP contribution in [0.3, 0.4) is 0 Å². The molecule has 122 valence electrons. The molecule has 0 aliphatic rings. The Hall–Kier alpha value is -2.33. The quantitative estimate of drug-likeness (QED) is 0.737. The minimum atomic E-state index is -0.177. The third kappa shape index (κ3) is 5.75. The Morgan fingerprint density at radius 1 is 1.13 bits per heavy atom. The summed E-state index contributed by atoms with van der Waals surface area (Å²) in [4.78, 5) is 11.8. The van der Waals surface area contributed by atoms with Gasteiger partial charge in [0.25, 0.3) is 0 Å². The fraction of sp³-hybridized carbons (Fsp3) is 0.316. The van der Waals surface area contributed by atoms with Crippen molar-refractivity contribution in [2.45, 2.75) is 25.8 Å². The molecule has 4 nitrogen and oxygen atoms in total. The second kappa shape index (κ2) is 8.96. The second-order valence-corrected chi connectivity index (χ2v) is 5.54. The van der Waals surface area contributed by atoms with Crippen LogP contribution in [0.4, 0.5) is 0 Å². The summed E-state index contributed by atoms with van der Waals surface area (Å²) in [7, 11) is 0. The van der Waals surface area contributed by atoms with Gasteiger partial charge in [-0.3, -0.25) is 4.79 Å². The molecule has 0 heterocycles. The lowest BCUT2D eigenvalue weighted by molar-refractivity contribution is -0.121. The highest BCUT2D eigenvalue weighted by atomic mass is 16.5. The average Bonchev–Trinajstić information content (AvgIpc) is 2.59. The van der Waals surface area contributed by atoms with E-state index in [1.54, 1.807) is 0 Å². The van der Waals surface area contributed by atoms with Gasteiger partial charge in [-0.1, -0.05) is 48.5 Å². The average molecular weight is 312 g/mol. The number of ether oxygens (including phenoxy) is 1.